The van der Waals surface area contributed by atoms with Gasteiger partial charge >= 0.3 is 0 Å². The lowest BCUT2D eigenvalue weighted by Crippen LogP contribution is -2.47. The van der Waals surface area contributed by atoms with Crippen molar-refractivity contribution < 1.29 is 9.53 Å². The molecule has 5 rings (SSSR count). The van der Waals surface area contributed by atoms with E-state index < -0.39 is 0 Å². The Morgan fingerprint density at radius 3 is 2.71 bits per heavy atom. The van der Waals surface area contributed by atoms with Crippen molar-refractivity contribution >= 4 is 39.8 Å². The first kappa shape index (κ1) is 28.3. The molecule has 2 aromatic carbocycles. The molecule has 0 spiro atoms. The molecule has 4 aromatic rings. The highest BCUT2D eigenvalue weighted by Gasteiger charge is 2.25. The Morgan fingerprint density at radius 1 is 1.17 bits per heavy atom. The van der Waals surface area contributed by atoms with Gasteiger partial charge in [-0.1, -0.05) is 24.8 Å². The van der Waals surface area contributed by atoms with Gasteiger partial charge in [0, 0.05) is 54.0 Å². The first-order chi connectivity index (χ1) is 19.6. The molecule has 2 aromatic heterocycles. The maximum atomic E-state index is 12.4. The fraction of sp³-hybridized carbons (Fsp3) is 0.344. The first-order valence-electron chi connectivity index (χ1n) is 13.8. The number of fused-ring (bicyclic) bond motifs is 3. The van der Waals surface area contributed by atoms with Crippen LogP contribution in [-0.4, -0.2) is 65.2 Å². The van der Waals surface area contributed by atoms with Crippen molar-refractivity contribution in [3.8, 4) is 11.3 Å². The Bertz CT molecular complexity index is 1610. The van der Waals surface area contributed by atoms with E-state index in [0.29, 0.717) is 24.8 Å². The monoisotopic (exact) mass is 553 g/mol. The van der Waals surface area contributed by atoms with Crippen molar-refractivity contribution in [3.05, 3.63) is 72.6 Å². The summed E-state index contributed by atoms with van der Waals surface area (Å²) in [6.45, 7) is 12.9. The fourth-order valence-electron chi connectivity index (χ4n) is 5.28. The van der Waals surface area contributed by atoms with Crippen LogP contribution < -0.4 is 15.5 Å². The summed E-state index contributed by atoms with van der Waals surface area (Å²) in [4.78, 5) is 26.2. The quantitative estimate of drug-likeness (QED) is 0.262. The molecule has 0 atom stereocenters. The van der Waals surface area contributed by atoms with E-state index in [9.17, 15) is 4.79 Å². The van der Waals surface area contributed by atoms with Gasteiger partial charge in [0.05, 0.1) is 36.0 Å². The molecule has 41 heavy (non-hydrogen) atoms. The van der Waals surface area contributed by atoms with E-state index in [1.807, 2.05) is 26.1 Å². The molecule has 0 unspecified atom stereocenters. The average molecular weight is 554 g/mol. The van der Waals surface area contributed by atoms with Gasteiger partial charge in [-0.3, -0.25) is 4.79 Å². The normalized spacial score (nSPS) is 13.2. The molecular formula is C32H39N7O2. The van der Waals surface area contributed by atoms with Crippen molar-refractivity contribution in [1.82, 2.24) is 19.4 Å². The molecule has 0 fully saturated rings. The summed E-state index contributed by atoms with van der Waals surface area (Å²) in [5.41, 5.74) is 7.53. The maximum absolute atomic E-state index is 12.4. The minimum Gasteiger partial charge on any atom is -0.373 e. The molecule has 0 saturated heterocycles. The van der Waals surface area contributed by atoms with Crippen LogP contribution in [0.3, 0.4) is 0 Å². The van der Waals surface area contributed by atoms with Crippen molar-refractivity contribution in [2.75, 3.05) is 49.8 Å². The highest BCUT2D eigenvalue weighted by Crippen LogP contribution is 2.37. The number of carbonyl (C=O) groups is 1. The highest BCUT2D eigenvalue weighted by atomic mass is 16.5. The number of nitrogens with zero attached hydrogens (tertiary/aromatic N) is 5. The summed E-state index contributed by atoms with van der Waals surface area (Å²) in [5, 5.41) is 7.54. The smallest absolute Gasteiger partial charge is 0.247 e. The van der Waals surface area contributed by atoms with Gasteiger partial charge in [0.1, 0.15) is 0 Å². The molecular weight excluding hydrogens is 514 g/mol. The second-order valence-corrected chi connectivity index (χ2v) is 11.4. The van der Waals surface area contributed by atoms with Crippen LogP contribution in [0.2, 0.25) is 0 Å². The molecule has 9 nitrogen and oxygen atoms in total. The van der Waals surface area contributed by atoms with Crippen molar-refractivity contribution in [3.63, 3.8) is 0 Å². The number of nitrogens with one attached hydrogen (secondary N) is 2. The number of para-hydroxylation sites is 1. The number of hydrogen-bond donors (Lipinski definition) is 2. The number of rotatable bonds is 9. The largest absolute Gasteiger partial charge is 0.373 e. The van der Waals surface area contributed by atoms with Crippen LogP contribution >= 0.6 is 0 Å². The molecule has 214 valence electrons. The third-order valence-electron chi connectivity index (χ3n) is 7.97. The van der Waals surface area contributed by atoms with Crippen LogP contribution in [0.5, 0.6) is 0 Å². The maximum Gasteiger partial charge on any atom is 0.247 e. The molecule has 0 radical (unpaired) electrons. The van der Waals surface area contributed by atoms with E-state index in [2.05, 4.69) is 94.8 Å². The molecule has 1 aliphatic heterocycles. The van der Waals surface area contributed by atoms with Gasteiger partial charge in [0.2, 0.25) is 11.9 Å². The summed E-state index contributed by atoms with van der Waals surface area (Å²) < 4.78 is 8.16. The summed E-state index contributed by atoms with van der Waals surface area (Å²) in [5.74, 6) is 0.203. The first-order valence-corrected chi connectivity index (χ1v) is 13.8. The molecule has 9 heteroatoms. The van der Waals surface area contributed by atoms with E-state index in [1.165, 1.54) is 11.6 Å². The van der Waals surface area contributed by atoms with Gasteiger partial charge in [-0.2, -0.15) is 0 Å². The van der Waals surface area contributed by atoms with Crippen LogP contribution in [0.15, 0.2) is 61.3 Å². The van der Waals surface area contributed by atoms with Crippen molar-refractivity contribution in [2.24, 2.45) is 0 Å². The van der Waals surface area contributed by atoms with E-state index in [-0.39, 0.29) is 11.4 Å². The zero-order chi connectivity index (χ0) is 29.3. The number of aryl methyl sites for hydroxylation is 1. The Labute approximate surface area is 241 Å². The number of ether oxygens (including phenoxy) is 1. The second kappa shape index (κ2) is 11.3. The number of hydrogen-bond acceptors (Lipinski definition) is 7. The molecule has 0 bridgehead atoms. The Hall–Kier alpha value is -4.21. The van der Waals surface area contributed by atoms with Gasteiger partial charge in [-0.05, 0) is 70.8 Å². The van der Waals surface area contributed by atoms with Crippen LogP contribution in [-0.2, 0) is 22.7 Å². The fourth-order valence-corrected chi connectivity index (χ4v) is 5.28. The SMILES string of the molecule is C=CC(=O)Nc1cc(Nc2nccc(-c3c4n(c5ccccc35)CCOC4)n2)c(C)cc1N(C)CC(C)(C)N(C)C. The lowest BCUT2D eigenvalue weighted by atomic mass is 10.0. The predicted molar refractivity (Wildman–Crippen MR) is 167 cm³/mol. The summed E-state index contributed by atoms with van der Waals surface area (Å²) in [6.07, 6.45) is 3.05. The Morgan fingerprint density at radius 2 is 1.95 bits per heavy atom. The zero-order valence-corrected chi connectivity index (χ0v) is 24.8. The highest BCUT2D eigenvalue weighted by molar-refractivity contribution is 6.02. The number of likely N-dealkylation sites (N-methyl/N-ethyl adjacent to an activating group) is 2. The standard InChI is InChI=1S/C32H39N7O2/c1-8-29(40)34-25-18-24(21(2)17-27(25)38(7)20-32(3,4)37(5)6)36-31-33-14-13-23(35-31)30-22-11-9-10-12-26(22)39-15-16-41-19-28(30)39/h8-14,17-18H,1,15-16,19-20H2,2-7H3,(H,34,40)(H,33,35,36). The van der Waals surface area contributed by atoms with Crippen molar-refractivity contribution in [1.29, 1.82) is 0 Å². The molecule has 1 aliphatic rings. The average Bonchev–Trinajstić information content (AvgIpc) is 3.29. The Balaban J connectivity index is 1.51. The number of carbonyl (C=O) groups excluding carboxylic acids is 1. The second-order valence-electron chi connectivity index (χ2n) is 11.4. The van der Waals surface area contributed by atoms with Crippen LogP contribution in [0, 0.1) is 6.92 Å². The van der Waals surface area contributed by atoms with Crippen LogP contribution in [0.4, 0.5) is 23.0 Å². The third-order valence-corrected chi connectivity index (χ3v) is 7.97. The van der Waals surface area contributed by atoms with E-state index >= 15 is 0 Å². The van der Waals surface area contributed by atoms with E-state index in [1.54, 1.807) is 6.20 Å². The van der Waals surface area contributed by atoms with Gasteiger partial charge in [-0.15, -0.1) is 0 Å². The minimum atomic E-state index is -0.271. The summed E-state index contributed by atoms with van der Waals surface area (Å²) >= 11 is 0. The van der Waals surface area contributed by atoms with E-state index in [4.69, 9.17) is 9.72 Å². The molecule has 0 aliphatic carbocycles. The summed E-state index contributed by atoms with van der Waals surface area (Å²) in [7, 11) is 6.18. The number of benzene rings is 2. The van der Waals surface area contributed by atoms with Gasteiger partial charge in [-0.25, -0.2) is 9.97 Å². The lowest BCUT2D eigenvalue weighted by molar-refractivity contribution is -0.111. The van der Waals surface area contributed by atoms with E-state index in [0.717, 1.165) is 52.4 Å². The molecule has 2 N–H and O–H groups in total. The van der Waals surface area contributed by atoms with Crippen LogP contribution in [0.25, 0.3) is 22.2 Å². The number of anilines is 4. The van der Waals surface area contributed by atoms with Crippen LogP contribution in [0.1, 0.15) is 25.1 Å². The zero-order valence-electron chi connectivity index (χ0n) is 24.8. The molecule has 0 saturated carbocycles. The van der Waals surface area contributed by atoms with Gasteiger partial charge in [0.25, 0.3) is 0 Å². The third kappa shape index (κ3) is 5.68. The predicted octanol–water partition coefficient (Wildman–Crippen LogP) is 5.58. The summed E-state index contributed by atoms with van der Waals surface area (Å²) in [6, 6.07) is 14.4. The lowest BCUT2D eigenvalue weighted by Gasteiger charge is -2.37. The molecule has 1 amide bonds. The number of amides is 1. The van der Waals surface area contributed by atoms with Crippen molar-refractivity contribution in [2.45, 2.75) is 39.5 Å². The Kier molecular flexibility index (Phi) is 7.84. The minimum absolute atomic E-state index is 0.0823. The molecule has 3 heterocycles. The van der Waals surface area contributed by atoms with Gasteiger partial charge in [0.15, 0.2) is 0 Å². The topological polar surface area (TPSA) is 87.5 Å². The number of aromatic nitrogens is 3. The van der Waals surface area contributed by atoms with Gasteiger partial charge < -0.3 is 29.7 Å².